The fourth-order valence-corrected chi connectivity index (χ4v) is 1.70. The van der Waals surface area contributed by atoms with Gasteiger partial charge in [-0.05, 0) is 20.3 Å². The highest BCUT2D eigenvalue weighted by atomic mass is 16.5. The standard InChI is InChI=1S/C11H18N2O3/c1-9(2)16-5-3-4-13-7-10(12-8-14)6-11(13)15/h9-10H,3-7H2,1-2H3. The number of rotatable bonds is 6. The Morgan fingerprint density at radius 3 is 3.00 bits per heavy atom. The fraction of sp³-hybridized carbons (Fsp3) is 0.818. The average molecular weight is 226 g/mol. The summed E-state index contributed by atoms with van der Waals surface area (Å²) < 4.78 is 5.39. The van der Waals surface area contributed by atoms with Crippen LogP contribution in [0, 0.1) is 0 Å². The molecule has 1 heterocycles. The Hall–Kier alpha value is -1.19. The number of nitrogens with zero attached hydrogens (tertiary/aromatic N) is 2. The van der Waals surface area contributed by atoms with Crippen LogP contribution in [0.3, 0.4) is 0 Å². The van der Waals surface area contributed by atoms with Gasteiger partial charge in [0.1, 0.15) is 0 Å². The van der Waals surface area contributed by atoms with Gasteiger partial charge >= 0.3 is 0 Å². The van der Waals surface area contributed by atoms with E-state index < -0.39 is 0 Å². The van der Waals surface area contributed by atoms with E-state index >= 15 is 0 Å². The van der Waals surface area contributed by atoms with E-state index in [4.69, 9.17) is 4.74 Å². The van der Waals surface area contributed by atoms with E-state index in [1.165, 1.54) is 6.08 Å². The molecule has 0 spiro atoms. The molecule has 1 fully saturated rings. The largest absolute Gasteiger partial charge is 0.379 e. The molecule has 0 aromatic carbocycles. The molecule has 0 saturated carbocycles. The highest BCUT2D eigenvalue weighted by Gasteiger charge is 2.28. The van der Waals surface area contributed by atoms with Crippen LogP contribution in [0.25, 0.3) is 0 Å². The Labute approximate surface area is 95.5 Å². The van der Waals surface area contributed by atoms with Gasteiger partial charge in [-0.15, -0.1) is 0 Å². The molecule has 1 unspecified atom stereocenters. The van der Waals surface area contributed by atoms with Gasteiger partial charge in [-0.2, -0.15) is 0 Å². The Kier molecular flexibility index (Phi) is 5.15. The van der Waals surface area contributed by atoms with Gasteiger partial charge in [0.15, 0.2) is 0 Å². The quantitative estimate of drug-likeness (QED) is 0.381. The van der Waals surface area contributed by atoms with Crippen LogP contribution in [0.1, 0.15) is 26.7 Å². The van der Waals surface area contributed by atoms with Gasteiger partial charge in [-0.25, -0.2) is 9.79 Å². The Morgan fingerprint density at radius 2 is 2.38 bits per heavy atom. The monoisotopic (exact) mass is 226 g/mol. The zero-order valence-electron chi connectivity index (χ0n) is 9.81. The van der Waals surface area contributed by atoms with Gasteiger partial charge in [0.25, 0.3) is 0 Å². The van der Waals surface area contributed by atoms with Crippen molar-refractivity contribution in [3.05, 3.63) is 0 Å². The molecule has 0 bridgehead atoms. The van der Waals surface area contributed by atoms with E-state index in [-0.39, 0.29) is 18.1 Å². The van der Waals surface area contributed by atoms with E-state index in [9.17, 15) is 9.59 Å². The second-order valence-corrected chi connectivity index (χ2v) is 4.19. The zero-order chi connectivity index (χ0) is 12.0. The smallest absolute Gasteiger partial charge is 0.235 e. The van der Waals surface area contributed by atoms with Crippen molar-refractivity contribution in [2.45, 2.75) is 38.8 Å². The van der Waals surface area contributed by atoms with Crippen molar-refractivity contribution in [1.29, 1.82) is 0 Å². The van der Waals surface area contributed by atoms with Crippen LogP contribution in [-0.4, -0.2) is 48.7 Å². The lowest BCUT2D eigenvalue weighted by atomic mass is 10.3. The number of likely N-dealkylation sites (tertiary alicyclic amines) is 1. The summed E-state index contributed by atoms with van der Waals surface area (Å²) in [4.78, 5) is 26.9. The summed E-state index contributed by atoms with van der Waals surface area (Å²) in [5, 5.41) is 0. The molecular weight excluding hydrogens is 208 g/mol. The number of aliphatic imine (C=N–C) groups is 1. The van der Waals surface area contributed by atoms with Crippen LogP contribution in [0.5, 0.6) is 0 Å². The first-order valence-electron chi connectivity index (χ1n) is 5.60. The molecular formula is C11H18N2O3. The number of ether oxygens (including phenoxy) is 1. The number of hydrogen-bond donors (Lipinski definition) is 0. The van der Waals surface area contributed by atoms with E-state index in [2.05, 4.69) is 4.99 Å². The average Bonchev–Trinajstić information content (AvgIpc) is 2.54. The van der Waals surface area contributed by atoms with Gasteiger partial charge in [0.2, 0.25) is 12.0 Å². The SMILES string of the molecule is CC(C)OCCCN1CC(N=C=O)CC1=O. The van der Waals surface area contributed by atoms with Gasteiger partial charge in [0.05, 0.1) is 18.6 Å². The van der Waals surface area contributed by atoms with Crippen molar-refractivity contribution in [3.8, 4) is 0 Å². The van der Waals surface area contributed by atoms with Crippen LogP contribution < -0.4 is 0 Å². The molecule has 0 aliphatic carbocycles. The summed E-state index contributed by atoms with van der Waals surface area (Å²) in [6.45, 7) is 5.83. The van der Waals surface area contributed by atoms with Gasteiger partial charge in [-0.3, -0.25) is 4.79 Å². The summed E-state index contributed by atoms with van der Waals surface area (Å²) in [5.74, 6) is 0.0635. The van der Waals surface area contributed by atoms with Crippen LogP contribution in [0.4, 0.5) is 0 Å². The molecule has 5 heteroatoms. The maximum Gasteiger partial charge on any atom is 0.235 e. The summed E-state index contributed by atoms with van der Waals surface area (Å²) in [6, 6.07) is -0.198. The molecule has 16 heavy (non-hydrogen) atoms. The number of isocyanates is 1. The van der Waals surface area contributed by atoms with E-state index in [0.717, 1.165) is 6.42 Å². The van der Waals surface area contributed by atoms with Crippen molar-refractivity contribution in [2.24, 2.45) is 4.99 Å². The maximum atomic E-state index is 11.5. The number of amides is 1. The lowest BCUT2D eigenvalue weighted by Gasteiger charge is -2.16. The fourth-order valence-electron chi connectivity index (χ4n) is 1.70. The minimum absolute atomic E-state index is 0.0635. The third kappa shape index (κ3) is 4.13. The number of carbonyl (C=O) groups is 1. The number of hydrogen-bond acceptors (Lipinski definition) is 4. The summed E-state index contributed by atoms with van der Waals surface area (Å²) in [5.41, 5.74) is 0. The first-order valence-corrected chi connectivity index (χ1v) is 5.60. The second-order valence-electron chi connectivity index (χ2n) is 4.19. The summed E-state index contributed by atoms with van der Waals surface area (Å²) in [6.07, 6.45) is 2.88. The normalized spacial score (nSPS) is 20.3. The Bertz CT molecular complexity index is 285. The van der Waals surface area contributed by atoms with Gasteiger partial charge in [0, 0.05) is 19.7 Å². The molecule has 0 radical (unpaired) electrons. The predicted octanol–water partition coefficient (Wildman–Crippen LogP) is 0.738. The van der Waals surface area contributed by atoms with Gasteiger partial charge < -0.3 is 9.64 Å². The molecule has 5 nitrogen and oxygen atoms in total. The summed E-state index contributed by atoms with van der Waals surface area (Å²) in [7, 11) is 0. The number of carbonyl (C=O) groups excluding carboxylic acids is 2. The maximum absolute atomic E-state index is 11.5. The van der Waals surface area contributed by atoms with Crippen LogP contribution >= 0.6 is 0 Å². The molecule has 0 N–H and O–H groups in total. The van der Waals surface area contributed by atoms with Crippen molar-refractivity contribution in [3.63, 3.8) is 0 Å². The molecule has 1 rings (SSSR count). The lowest BCUT2D eigenvalue weighted by molar-refractivity contribution is -0.127. The van der Waals surface area contributed by atoms with Crippen LogP contribution in [-0.2, 0) is 14.3 Å². The molecule has 90 valence electrons. The molecule has 1 atom stereocenters. The lowest BCUT2D eigenvalue weighted by Crippen LogP contribution is -2.27. The van der Waals surface area contributed by atoms with Crippen molar-refractivity contribution >= 4 is 12.0 Å². The Morgan fingerprint density at radius 1 is 1.62 bits per heavy atom. The summed E-state index contributed by atoms with van der Waals surface area (Å²) >= 11 is 0. The van der Waals surface area contributed by atoms with Crippen LogP contribution in [0.15, 0.2) is 4.99 Å². The molecule has 1 saturated heterocycles. The highest BCUT2D eigenvalue weighted by Crippen LogP contribution is 2.13. The minimum Gasteiger partial charge on any atom is -0.379 e. The van der Waals surface area contributed by atoms with Crippen molar-refractivity contribution < 1.29 is 14.3 Å². The second kappa shape index (κ2) is 6.40. The Balaban J connectivity index is 2.22. The van der Waals surface area contributed by atoms with E-state index in [1.54, 1.807) is 4.90 Å². The van der Waals surface area contributed by atoms with Crippen molar-refractivity contribution in [2.75, 3.05) is 19.7 Å². The van der Waals surface area contributed by atoms with E-state index in [1.807, 2.05) is 13.8 Å². The molecule has 0 aromatic rings. The topological polar surface area (TPSA) is 59.0 Å². The van der Waals surface area contributed by atoms with Crippen molar-refractivity contribution in [1.82, 2.24) is 4.90 Å². The third-order valence-corrected chi connectivity index (χ3v) is 2.45. The molecule has 1 aliphatic heterocycles. The van der Waals surface area contributed by atoms with E-state index in [0.29, 0.717) is 26.1 Å². The van der Waals surface area contributed by atoms with Crippen LogP contribution in [0.2, 0.25) is 0 Å². The molecule has 1 aliphatic rings. The molecule has 0 aromatic heterocycles. The predicted molar refractivity (Wildman–Crippen MR) is 58.8 cm³/mol. The first-order chi connectivity index (χ1) is 7.63. The molecule has 1 amide bonds. The first kappa shape index (κ1) is 12.9. The highest BCUT2D eigenvalue weighted by molar-refractivity contribution is 5.79. The minimum atomic E-state index is -0.198. The van der Waals surface area contributed by atoms with Gasteiger partial charge in [-0.1, -0.05) is 0 Å². The zero-order valence-corrected chi connectivity index (χ0v) is 9.81. The third-order valence-electron chi connectivity index (χ3n) is 2.45.